The van der Waals surface area contributed by atoms with Crippen molar-refractivity contribution < 1.29 is 9.53 Å². The second-order valence-corrected chi connectivity index (χ2v) is 4.02. The summed E-state index contributed by atoms with van der Waals surface area (Å²) in [5, 5.41) is 0. The Labute approximate surface area is 92.8 Å². The average Bonchev–Trinajstić information content (AvgIpc) is 3.08. The first-order chi connectivity index (χ1) is 7.81. The summed E-state index contributed by atoms with van der Waals surface area (Å²) in [5.74, 6) is 0.0642. The molecule has 0 atom stereocenters. The van der Waals surface area contributed by atoms with Crippen LogP contribution in [0.1, 0.15) is 29.5 Å². The highest BCUT2D eigenvalue weighted by Gasteiger charge is 2.30. The van der Waals surface area contributed by atoms with E-state index in [0.29, 0.717) is 11.9 Å². The molecule has 0 spiro atoms. The van der Waals surface area contributed by atoms with E-state index < -0.39 is 0 Å². The molecule has 0 aliphatic heterocycles. The van der Waals surface area contributed by atoms with Crippen molar-refractivity contribution in [3.8, 4) is 0 Å². The number of rotatable bonds is 2. The summed E-state index contributed by atoms with van der Waals surface area (Å²) in [6.45, 7) is 0. The van der Waals surface area contributed by atoms with E-state index in [4.69, 9.17) is 4.74 Å². The van der Waals surface area contributed by atoms with Gasteiger partial charge in [-0.15, -0.1) is 0 Å². The second-order valence-electron chi connectivity index (χ2n) is 4.02. The number of carbonyl (C=O) groups excluding carboxylic acids is 1. The van der Waals surface area contributed by atoms with Gasteiger partial charge in [-0.2, -0.15) is 0 Å². The van der Waals surface area contributed by atoms with Crippen molar-refractivity contribution in [2.75, 3.05) is 7.11 Å². The minimum Gasteiger partial charge on any atom is -0.463 e. The lowest BCUT2D eigenvalue weighted by molar-refractivity contribution is 0.0581. The van der Waals surface area contributed by atoms with E-state index in [2.05, 4.69) is 4.98 Å². The Morgan fingerprint density at radius 3 is 2.88 bits per heavy atom. The van der Waals surface area contributed by atoms with Crippen LogP contribution in [-0.2, 0) is 4.74 Å². The van der Waals surface area contributed by atoms with Crippen molar-refractivity contribution in [3.63, 3.8) is 0 Å². The second kappa shape index (κ2) is 3.33. The first-order valence-corrected chi connectivity index (χ1v) is 5.36. The molecule has 4 nitrogen and oxygen atoms in total. The molecule has 1 fully saturated rings. The highest BCUT2D eigenvalue weighted by molar-refractivity contribution is 5.91. The molecular formula is C12H12N2O2. The van der Waals surface area contributed by atoms with Gasteiger partial charge in [0, 0.05) is 6.04 Å². The Bertz CT molecular complexity index is 555. The normalized spacial score (nSPS) is 15.3. The van der Waals surface area contributed by atoms with Gasteiger partial charge in [-0.25, -0.2) is 9.78 Å². The summed E-state index contributed by atoms with van der Waals surface area (Å²) in [7, 11) is 1.39. The zero-order chi connectivity index (χ0) is 11.1. The highest BCUT2D eigenvalue weighted by atomic mass is 16.5. The Morgan fingerprint density at radius 2 is 2.19 bits per heavy atom. The Kier molecular flexibility index (Phi) is 1.96. The van der Waals surface area contributed by atoms with Crippen molar-refractivity contribution in [3.05, 3.63) is 30.1 Å². The fourth-order valence-electron chi connectivity index (χ4n) is 1.98. The van der Waals surface area contributed by atoms with Gasteiger partial charge in [0.25, 0.3) is 0 Å². The van der Waals surface area contributed by atoms with Gasteiger partial charge in [0.1, 0.15) is 0 Å². The lowest BCUT2D eigenvalue weighted by Crippen LogP contribution is -2.10. The maximum absolute atomic E-state index is 11.6. The molecule has 1 aromatic heterocycles. The number of hydrogen-bond acceptors (Lipinski definition) is 3. The van der Waals surface area contributed by atoms with Crippen LogP contribution in [0, 0.1) is 0 Å². The van der Waals surface area contributed by atoms with Crippen LogP contribution in [0.5, 0.6) is 0 Å². The topological polar surface area (TPSA) is 44.1 Å². The van der Waals surface area contributed by atoms with Gasteiger partial charge >= 0.3 is 5.97 Å². The zero-order valence-electron chi connectivity index (χ0n) is 9.01. The molecular weight excluding hydrogens is 204 g/mol. The number of carbonyl (C=O) groups is 1. The van der Waals surface area contributed by atoms with Crippen LogP contribution in [-0.4, -0.2) is 22.6 Å². The predicted molar refractivity (Wildman–Crippen MR) is 59.3 cm³/mol. The monoisotopic (exact) mass is 216 g/mol. The number of fused-ring (bicyclic) bond motifs is 1. The maximum Gasteiger partial charge on any atom is 0.374 e. The lowest BCUT2D eigenvalue weighted by Gasteiger charge is -2.04. The summed E-state index contributed by atoms with van der Waals surface area (Å²) in [4.78, 5) is 16.0. The predicted octanol–water partition coefficient (Wildman–Crippen LogP) is 2.16. The maximum atomic E-state index is 11.6. The first-order valence-electron chi connectivity index (χ1n) is 5.36. The third kappa shape index (κ3) is 1.30. The van der Waals surface area contributed by atoms with Crippen LogP contribution in [0.25, 0.3) is 11.0 Å². The molecule has 4 heteroatoms. The molecule has 1 aliphatic carbocycles. The summed E-state index contributed by atoms with van der Waals surface area (Å²) in [6.07, 6.45) is 2.23. The molecule has 0 N–H and O–H groups in total. The van der Waals surface area contributed by atoms with E-state index in [9.17, 15) is 4.79 Å². The number of hydrogen-bond donors (Lipinski definition) is 0. The standard InChI is InChI=1S/C12H12N2O2/c1-16-12(15)11-13-9-4-2-3-5-10(9)14(11)8-6-7-8/h2-5,8H,6-7H2,1H3. The fraction of sp³-hybridized carbons (Fsp3) is 0.333. The molecule has 0 bridgehead atoms. The third-order valence-electron chi connectivity index (χ3n) is 2.88. The van der Waals surface area contributed by atoms with Gasteiger partial charge in [0.15, 0.2) is 0 Å². The van der Waals surface area contributed by atoms with Crippen LogP contribution >= 0.6 is 0 Å². The SMILES string of the molecule is COC(=O)c1nc2ccccc2n1C1CC1. The number of para-hydroxylation sites is 2. The Morgan fingerprint density at radius 1 is 1.44 bits per heavy atom. The zero-order valence-corrected chi connectivity index (χ0v) is 9.01. The molecule has 2 aromatic rings. The van der Waals surface area contributed by atoms with E-state index in [1.165, 1.54) is 7.11 Å². The van der Waals surface area contributed by atoms with Gasteiger partial charge in [0.2, 0.25) is 5.82 Å². The molecule has 1 aromatic carbocycles. The van der Waals surface area contributed by atoms with Crippen molar-refractivity contribution in [2.45, 2.75) is 18.9 Å². The Hall–Kier alpha value is -1.84. The summed E-state index contributed by atoms with van der Waals surface area (Å²) in [5.41, 5.74) is 1.88. The number of esters is 1. The molecule has 3 rings (SSSR count). The number of imidazole rings is 1. The van der Waals surface area contributed by atoms with Gasteiger partial charge in [-0.1, -0.05) is 12.1 Å². The van der Waals surface area contributed by atoms with Gasteiger partial charge in [-0.3, -0.25) is 0 Å². The van der Waals surface area contributed by atoms with Gasteiger partial charge < -0.3 is 9.30 Å². The highest BCUT2D eigenvalue weighted by Crippen LogP contribution is 2.38. The van der Waals surface area contributed by atoms with Crippen LogP contribution in [0.4, 0.5) is 0 Å². The molecule has 16 heavy (non-hydrogen) atoms. The van der Waals surface area contributed by atoms with E-state index >= 15 is 0 Å². The summed E-state index contributed by atoms with van der Waals surface area (Å²) in [6, 6.07) is 8.22. The van der Waals surface area contributed by atoms with E-state index in [1.807, 2.05) is 28.8 Å². The molecule has 0 unspecified atom stereocenters. The minimum absolute atomic E-state index is 0.358. The van der Waals surface area contributed by atoms with E-state index in [0.717, 1.165) is 23.9 Å². The molecule has 0 saturated heterocycles. The van der Waals surface area contributed by atoms with E-state index in [1.54, 1.807) is 0 Å². The molecule has 0 amide bonds. The number of aromatic nitrogens is 2. The number of benzene rings is 1. The smallest absolute Gasteiger partial charge is 0.374 e. The van der Waals surface area contributed by atoms with E-state index in [-0.39, 0.29) is 5.97 Å². The van der Waals surface area contributed by atoms with Gasteiger partial charge in [-0.05, 0) is 25.0 Å². The summed E-state index contributed by atoms with van der Waals surface area (Å²) < 4.78 is 6.76. The number of ether oxygens (including phenoxy) is 1. The van der Waals surface area contributed by atoms with Crippen LogP contribution in [0.2, 0.25) is 0 Å². The molecule has 1 aliphatic rings. The van der Waals surface area contributed by atoms with Crippen LogP contribution in [0.15, 0.2) is 24.3 Å². The Balaban J connectivity index is 2.26. The third-order valence-corrected chi connectivity index (χ3v) is 2.88. The molecule has 0 radical (unpaired) electrons. The molecule has 1 heterocycles. The minimum atomic E-state index is -0.358. The number of methoxy groups -OCH3 is 1. The van der Waals surface area contributed by atoms with Crippen molar-refractivity contribution in [2.24, 2.45) is 0 Å². The lowest BCUT2D eigenvalue weighted by atomic mass is 10.3. The molecule has 1 saturated carbocycles. The summed E-state index contributed by atoms with van der Waals surface area (Å²) >= 11 is 0. The largest absolute Gasteiger partial charge is 0.463 e. The van der Waals surface area contributed by atoms with Crippen molar-refractivity contribution in [1.29, 1.82) is 0 Å². The average molecular weight is 216 g/mol. The van der Waals surface area contributed by atoms with Crippen molar-refractivity contribution in [1.82, 2.24) is 9.55 Å². The molecule has 82 valence electrons. The van der Waals surface area contributed by atoms with Crippen LogP contribution < -0.4 is 0 Å². The van der Waals surface area contributed by atoms with Crippen molar-refractivity contribution >= 4 is 17.0 Å². The quantitative estimate of drug-likeness (QED) is 0.722. The number of nitrogens with zero attached hydrogens (tertiary/aromatic N) is 2. The first kappa shape index (κ1) is 9.39. The fourth-order valence-corrected chi connectivity index (χ4v) is 1.98. The van der Waals surface area contributed by atoms with Crippen LogP contribution in [0.3, 0.4) is 0 Å². The van der Waals surface area contributed by atoms with Gasteiger partial charge in [0.05, 0.1) is 18.1 Å².